The Hall–Kier alpha value is -0.610. The molecule has 1 saturated carbocycles. The number of amides is 1. The lowest BCUT2D eigenvalue weighted by Gasteiger charge is -2.33. The Bertz CT molecular complexity index is 292. The predicted octanol–water partition coefficient (Wildman–Crippen LogP) is 1.64. The Morgan fingerprint density at radius 1 is 1.32 bits per heavy atom. The van der Waals surface area contributed by atoms with Crippen LogP contribution in [0.4, 0.5) is 0 Å². The van der Waals surface area contributed by atoms with Gasteiger partial charge in [0.25, 0.3) is 0 Å². The maximum absolute atomic E-state index is 12.1. The molecule has 0 aromatic carbocycles. The topological polar surface area (TPSA) is 58.4 Å². The lowest BCUT2D eigenvalue weighted by atomic mass is 9.94. The van der Waals surface area contributed by atoms with Crippen molar-refractivity contribution in [2.75, 3.05) is 19.6 Å². The molecule has 3 N–H and O–H groups in total. The quantitative estimate of drug-likeness (QED) is 0.796. The SMILES string of the molecule is CCCN1CCC(NC(=O)CC2(N)CCCC2)CC1. The van der Waals surface area contributed by atoms with Crippen molar-refractivity contribution in [1.82, 2.24) is 10.2 Å². The summed E-state index contributed by atoms with van der Waals surface area (Å²) in [5.41, 5.74) is 6.04. The zero-order valence-corrected chi connectivity index (χ0v) is 12.3. The summed E-state index contributed by atoms with van der Waals surface area (Å²) < 4.78 is 0. The van der Waals surface area contributed by atoms with Crippen molar-refractivity contribution in [2.45, 2.75) is 69.9 Å². The molecule has 4 nitrogen and oxygen atoms in total. The van der Waals surface area contributed by atoms with E-state index < -0.39 is 0 Å². The molecule has 0 aromatic rings. The third kappa shape index (κ3) is 4.46. The van der Waals surface area contributed by atoms with Crippen LogP contribution >= 0.6 is 0 Å². The van der Waals surface area contributed by atoms with E-state index in [1.807, 2.05) is 0 Å². The second-order valence-electron chi connectivity index (χ2n) is 6.43. The molecular weight excluding hydrogens is 238 g/mol. The largest absolute Gasteiger partial charge is 0.353 e. The maximum atomic E-state index is 12.1. The summed E-state index contributed by atoms with van der Waals surface area (Å²) in [5, 5.41) is 3.19. The van der Waals surface area contributed by atoms with Gasteiger partial charge in [-0.3, -0.25) is 4.79 Å². The normalized spacial score (nSPS) is 24.5. The van der Waals surface area contributed by atoms with Crippen LogP contribution in [0, 0.1) is 0 Å². The highest BCUT2D eigenvalue weighted by atomic mass is 16.1. The minimum absolute atomic E-state index is 0.165. The number of nitrogens with two attached hydrogens (primary N) is 1. The van der Waals surface area contributed by atoms with Crippen molar-refractivity contribution in [1.29, 1.82) is 0 Å². The number of piperidine rings is 1. The van der Waals surface area contributed by atoms with Gasteiger partial charge in [-0.05, 0) is 38.6 Å². The molecule has 1 amide bonds. The van der Waals surface area contributed by atoms with Crippen LogP contribution in [0.15, 0.2) is 0 Å². The van der Waals surface area contributed by atoms with Gasteiger partial charge in [-0.2, -0.15) is 0 Å². The first-order valence-electron chi connectivity index (χ1n) is 7.92. The summed E-state index contributed by atoms with van der Waals surface area (Å²) in [4.78, 5) is 14.6. The number of carbonyl (C=O) groups is 1. The minimum atomic E-state index is -0.215. The number of rotatable bonds is 5. The molecule has 1 aliphatic heterocycles. The van der Waals surface area contributed by atoms with Crippen molar-refractivity contribution in [3.05, 3.63) is 0 Å². The Labute approximate surface area is 117 Å². The molecule has 0 bridgehead atoms. The minimum Gasteiger partial charge on any atom is -0.353 e. The number of likely N-dealkylation sites (tertiary alicyclic amines) is 1. The summed E-state index contributed by atoms with van der Waals surface area (Å²) in [7, 11) is 0. The van der Waals surface area contributed by atoms with E-state index in [1.165, 1.54) is 25.8 Å². The van der Waals surface area contributed by atoms with Crippen LogP contribution in [0.3, 0.4) is 0 Å². The van der Waals surface area contributed by atoms with Crippen LogP contribution in [-0.2, 0) is 4.79 Å². The van der Waals surface area contributed by atoms with Crippen molar-refractivity contribution in [2.24, 2.45) is 5.73 Å². The average molecular weight is 267 g/mol. The first-order valence-corrected chi connectivity index (χ1v) is 7.92. The molecule has 0 radical (unpaired) electrons. The van der Waals surface area contributed by atoms with E-state index in [0.717, 1.165) is 38.8 Å². The molecule has 4 heteroatoms. The van der Waals surface area contributed by atoms with Crippen molar-refractivity contribution in [3.8, 4) is 0 Å². The van der Waals surface area contributed by atoms with Gasteiger partial charge >= 0.3 is 0 Å². The number of hydrogen-bond acceptors (Lipinski definition) is 3. The van der Waals surface area contributed by atoms with E-state index in [1.54, 1.807) is 0 Å². The molecule has 1 aliphatic carbocycles. The first kappa shape index (κ1) is 14.8. The maximum Gasteiger partial charge on any atom is 0.222 e. The third-order valence-electron chi connectivity index (χ3n) is 4.60. The van der Waals surface area contributed by atoms with Crippen molar-refractivity contribution >= 4 is 5.91 Å². The van der Waals surface area contributed by atoms with Gasteiger partial charge in [0.15, 0.2) is 0 Å². The first-order chi connectivity index (χ1) is 9.11. The fourth-order valence-electron chi connectivity index (χ4n) is 3.47. The van der Waals surface area contributed by atoms with Crippen molar-refractivity contribution < 1.29 is 4.79 Å². The molecule has 19 heavy (non-hydrogen) atoms. The zero-order chi connectivity index (χ0) is 13.7. The van der Waals surface area contributed by atoms with Gasteiger partial charge < -0.3 is 16.0 Å². The fourth-order valence-corrected chi connectivity index (χ4v) is 3.47. The van der Waals surface area contributed by atoms with E-state index in [0.29, 0.717) is 12.5 Å². The summed E-state index contributed by atoms with van der Waals surface area (Å²) >= 11 is 0. The second kappa shape index (κ2) is 6.71. The number of nitrogens with zero attached hydrogens (tertiary/aromatic N) is 1. The molecule has 2 aliphatic rings. The number of nitrogens with one attached hydrogen (secondary N) is 1. The Morgan fingerprint density at radius 2 is 1.95 bits per heavy atom. The van der Waals surface area contributed by atoms with Crippen molar-refractivity contribution in [3.63, 3.8) is 0 Å². The highest BCUT2D eigenvalue weighted by Crippen LogP contribution is 2.30. The zero-order valence-electron chi connectivity index (χ0n) is 12.3. The molecule has 2 rings (SSSR count). The fraction of sp³-hybridized carbons (Fsp3) is 0.933. The van der Waals surface area contributed by atoms with E-state index in [-0.39, 0.29) is 11.4 Å². The van der Waals surface area contributed by atoms with Crippen LogP contribution in [0.5, 0.6) is 0 Å². The van der Waals surface area contributed by atoms with Gasteiger partial charge in [-0.1, -0.05) is 19.8 Å². The second-order valence-corrected chi connectivity index (χ2v) is 6.43. The molecule has 1 heterocycles. The number of carbonyl (C=O) groups excluding carboxylic acids is 1. The van der Waals surface area contributed by atoms with E-state index in [9.17, 15) is 4.79 Å². The van der Waals surface area contributed by atoms with E-state index in [4.69, 9.17) is 5.73 Å². The molecule has 1 saturated heterocycles. The lowest BCUT2D eigenvalue weighted by Crippen LogP contribution is -2.48. The highest BCUT2D eigenvalue weighted by Gasteiger charge is 2.32. The lowest BCUT2D eigenvalue weighted by molar-refractivity contribution is -0.123. The summed E-state index contributed by atoms with van der Waals surface area (Å²) in [6, 6.07) is 0.366. The van der Waals surface area contributed by atoms with Gasteiger partial charge in [0.05, 0.1) is 0 Å². The van der Waals surface area contributed by atoms with Crippen LogP contribution in [0.25, 0.3) is 0 Å². The summed E-state index contributed by atoms with van der Waals surface area (Å²) in [6.07, 6.45) is 8.28. The summed E-state index contributed by atoms with van der Waals surface area (Å²) in [5.74, 6) is 0.165. The van der Waals surface area contributed by atoms with Crippen LogP contribution in [0.1, 0.15) is 58.3 Å². The van der Waals surface area contributed by atoms with Gasteiger partial charge in [-0.25, -0.2) is 0 Å². The Balaban J connectivity index is 1.69. The van der Waals surface area contributed by atoms with Gasteiger partial charge in [-0.15, -0.1) is 0 Å². The third-order valence-corrected chi connectivity index (χ3v) is 4.60. The average Bonchev–Trinajstić information content (AvgIpc) is 2.78. The van der Waals surface area contributed by atoms with Gasteiger partial charge in [0.1, 0.15) is 0 Å². The van der Waals surface area contributed by atoms with Gasteiger partial charge in [0, 0.05) is 31.1 Å². The van der Waals surface area contributed by atoms with E-state index >= 15 is 0 Å². The molecular formula is C15H29N3O. The number of hydrogen-bond donors (Lipinski definition) is 2. The van der Waals surface area contributed by atoms with Gasteiger partial charge in [0.2, 0.25) is 5.91 Å². The summed E-state index contributed by atoms with van der Waals surface area (Å²) in [6.45, 7) is 5.64. The molecule has 0 atom stereocenters. The Morgan fingerprint density at radius 3 is 2.53 bits per heavy atom. The Kier molecular flexibility index (Phi) is 5.22. The monoisotopic (exact) mass is 267 g/mol. The van der Waals surface area contributed by atoms with Crippen LogP contribution in [0.2, 0.25) is 0 Å². The standard InChI is InChI=1S/C15H29N3O/c1-2-9-18-10-5-13(6-11-18)17-14(19)12-15(16)7-3-4-8-15/h13H,2-12,16H2,1H3,(H,17,19). The van der Waals surface area contributed by atoms with Crippen LogP contribution < -0.4 is 11.1 Å². The van der Waals surface area contributed by atoms with E-state index in [2.05, 4.69) is 17.1 Å². The molecule has 0 aromatic heterocycles. The predicted molar refractivity (Wildman–Crippen MR) is 77.9 cm³/mol. The molecule has 0 unspecified atom stereocenters. The van der Waals surface area contributed by atoms with Crippen LogP contribution in [-0.4, -0.2) is 42.0 Å². The molecule has 2 fully saturated rings. The highest BCUT2D eigenvalue weighted by molar-refractivity contribution is 5.77. The molecule has 0 spiro atoms. The smallest absolute Gasteiger partial charge is 0.222 e. The molecule has 110 valence electrons.